The van der Waals surface area contributed by atoms with Gasteiger partial charge in [-0.15, -0.1) is 0 Å². The topological polar surface area (TPSA) is 55.1 Å². The molecule has 0 aliphatic carbocycles. The summed E-state index contributed by atoms with van der Waals surface area (Å²) in [5.74, 6) is -2.59. The van der Waals surface area contributed by atoms with E-state index in [0.717, 1.165) is 12.1 Å². The molecule has 1 atom stereocenters. The Morgan fingerprint density at radius 2 is 1.94 bits per heavy atom. The van der Waals surface area contributed by atoms with Gasteiger partial charge in [0.2, 0.25) is 5.91 Å². The lowest BCUT2D eigenvalue weighted by Crippen LogP contribution is -2.52. The highest BCUT2D eigenvalue weighted by molar-refractivity contribution is 5.85. The number of rotatable bonds is 4. The number of nitrogens with two attached hydrogens (primary N) is 1. The Bertz CT molecular complexity index is 435. The van der Waals surface area contributed by atoms with Crippen LogP contribution in [0.15, 0.2) is 18.2 Å². The molecule has 0 fully saturated rings. The fourth-order valence-corrected chi connectivity index (χ4v) is 1.68. The lowest BCUT2D eigenvalue weighted by molar-refractivity contribution is -0.124. The summed E-state index contributed by atoms with van der Waals surface area (Å²) in [4.78, 5) is 11.5. The highest BCUT2D eigenvalue weighted by Gasteiger charge is 2.34. The first-order chi connectivity index (χ1) is 7.77. The minimum atomic E-state index is -1.22. The van der Waals surface area contributed by atoms with Crippen molar-refractivity contribution >= 4 is 5.91 Å². The van der Waals surface area contributed by atoms with Gasteiger partial charge >= 0.3 is 0 Å². The van der Waals surface area contributed by atoms with Gasteiger partial charge in [0, 0.05) is 6.04 Å². The minimum Gasteiger partial charge on any atom is -0.368 e. The Labute approximate surface area is 99.0 Å². The molecular formula is C12H16F2N2O. The Kier molecular flexibility index (Phi) is 3.83. The first-order valence-corrected chi connectivity index (χ1v) is 5.30. The van der Waals surface area contributed by atoms with Gasteiger partial charge in [0.1, 0.15) is 5.54 Å². The summed E-state index contributed by atoms with van der Waals surface area (Å²) in [6.45, 7) is 5.21. The maximum Gasteiger partial charge on any atom is 0.242 e. The fourth-order valence-electron chi connectivity index (χ4n) is 1.68. The smallest absolute Gasteiger partial charge is 0.242 e. The van der Waals surface area contributed by atoms with Crippen molar-refractivity contribution in [1.82, 2.24) is 5.32 Å². The van der Waals surface area contributed by atoms with Crippen LogP contribution in [-0.2, 0) is 10.3 Å². The number of carbonyl (C=O) groups is 1. The van der Waals surface area contributed by atoms with E-state index in [0.29, 0.717) is 5.56 Å². The summed E-state index contributed by atoms with van der Waals surface area (Å²) >= 11 is 0. The van der Waals surface area contributed by atoms with E-state index in [2.05, 4.69) is 5.32 Å². The quantitative estimate of drug-likeness (QED) is 0.843. The lowest BCUT2D eigenvalue weighted by atomic mass is 9.90. The predicted molar refractivity (Wildman–Crippen MR) is 61.2 cm³/mol. The molecule has 5 heteroatoms. The van der Waals surface area contributed by atoms with Crippen molar-refractivity contribution in [3.8, 4) is 0 Å². The lowest BCUT2D eigenvalue weighted by Gasteiger charge is -2.30. The maximum absolute atomic E-state index is 13.2. The zero-order valence-electron chi connectivity index (χ0n) is 10.1. The average Bonchev–Trinajstić information content (AvgIpc) is 2.20. The van der Waals surface area contributed by atoms with Crippen LogP contribution in [0.5, 0.6) is 0 Å². The van der Waals surface area contributed by atoms with E-state index in [-0.39, 0.29) is 6.04 Å². The molecule has 1 aromatic rings. The molecule has 94 valence electrons. The number of hydrogen-bond acceptors (Lipinski definition) is 2. The molecule has 17 heavy (non-hydrogen) atoms. The first kappa shape index (κ1) is 13.6. The summed E-state index contributed by atoms with van der Waals surface area (Å²) in [5.41, 5.74) is 4.41. The van der Waals surface area contributed by atoms with Gasteiger partial charge in [-0.3, -0.25) is 10.1 Å². The monoisotopic (exact) mass is 242 g/mol. The summed E-state index contributed by atoms with van der Waals surface area (Å²) in [7, 11) is 0. The highest BCUT2D eigenvalue weighted by Crippen LogP contribution is 2.23. The third kappa shape index (κ3) is 2.79. The molecule has 0 heterocycles. The van der Waals surface area contributed by atoms with Crippen molar-refractivity contribution in [2.45, 2.75) is 32.4 Å². The van der Waals surface area contributed by atoms with Crippen LogP contribution >= 0.6 is 0 Å². The van der Waals surface area contributed by atoms with Gasteiger partial charge in [-0.05, 0) is 38.5 Å². The number of primary amides is 1. The number of hydrogen-bond donors (Lipinski definition) is 2. The van der Waals surface area contributed by atoms with Gasteiger partial charge < -0.3 is 5.73 Å². The number of halogens is 2. The molecule has 1 rings (SSSR count). The molecule has 0 saturated carbocycles. The minimum absolute atomic E-state index is 0.0272. The predicted octanol–water partition coefficient (Wildman–Crippen LogP) is 1.66. The molecule has 0 aliphatic rings. The average molecular weight is 242 g/mol. The molecule has 0 spiro atoms. The van der Waals surface area contributed by atoms with E-state index < -0.39 is 23.1 Å². The van der Waals surface area contributed by atoms with Gasteiger partial charge in [0.15, 0.2) is 11.6 Å². The maximum atomic E-state index is 13.2. The van der Waals surface area contributed by atoms with Crippen LogP contribution in [0.2, 0.25) is 0 Å². The summed E-state index contributed by atoms with van der Waals surface area (Å²) in [6.07, 6.45) is 0. The second kappa shape index (κ2) is 4.79. The van der Waals surface area contributed by atoms with Crippen molar-refractivity contribution in [1.29, 1.82) is 0 Å². The third-order valence-corrected chi connectivity index (χ3v) is 2.57. The Morgan fingerprint density at radius 3 is 2.35 bits per heavy atom. The van der Waals surface area contributed by atoms with Crippen LogP contribution in [0.25, 0.3) is 0 Å². The van der Waals surface area contributed by atoms with Crippen molar-refractivity contribution in [3.63, 3.8) is 0 Å². The molecule has 0 aromatic heterocycles. The molecule has 1 amide bonds. The Hall–Kier alpha value is -1.49. The second-order valence-electron chi connectivity index (χ2n) is 4.42. The number of amides is 1. The normalized spacial score (nSPS) is 14.7. The molecule has 1 aromatic carbocycles. The van der Waals surface area contributed by atoms with E-state index >= 15 is 0 Å². The van der Waals surface area contributed by atoms with Crippen molar-refractivity contribution in [2.24, 2.45) is 5.73 Å². The van der Waals surface area contributed by atoms with E-state index in [1.807, 2.05) is 13.8 Å². The van der Waals surface area contributed by atoms with Crippen LogP contribution in [0, 0.1) is 11.6 Å². The van der Waals surface area contributed by atoms with Crippen LogP contribution in [0.3, 0.4) is 0 Å². The molecule has 3 nitrogen and oxygen atoms in total. The number of nitrogens with one attached hydrogen (secondary N) is 1. The molecule has 0 aliphatic heterocycles. The van der Waals surface area contributed by atoms with Gasteiger partial charge in [0.05, 0.1) is 0 Å². The largest absolute Gasteiger partial charge is 0.368 e. The number of benzene rings is 1. The van der Waals surface area contributed by atoms with Crippen molar-refractivity contribution < 1.29 is 13.6 Å². The Balaban J connectivity index is 3.22. The summed E-state index contributed by atoms with van der Waals surface area (Å²) in [5, 5.41) is 2.95. The van der Waals surface area contributed by atoms with E-state index in [4.69, 9.17) is 5.73 Å². The van der Waals surface area contributed by atoms with E-state index in [9.17, 15) is 13.6 Å². The molecule has 0 radical (unpaired) electrons. The second-order valence-corrected chi connectivity index (χ2v) is 4.42. The van der Waals surface area contributed by atoms with Gasteiger partial charge in [-0.1, -0.05) is 6.07 Å². The van der Waals surface area contributed by atoms with Gasteiger partial charge in [-0.2, -0.15) is 0 Å². The highest BCUT2D eigenvalue weighted by atomic mass is 19.2. The SMILES string of the molecule is CC(C)NC(C)(C(N)=O)c1ccc(F)c(F)c1. The third-order valence-electron chi connectivity index (χ3n) is 2.57. The van der Waals surface area contributed by atoms with Crippen molar-refractivity contribution in [3.05, 3.63) is 35.4 Å². The zero-order valence-corrected chi connectivity index (χ0v) is 10.1. The molecular weight excluding hydrogens is 226 g/mol. The molecule has 1 unspecified atom stereocenters. The van der Waals surface area contributed by atoms with Crippen molar-refractivity contribution in [2.75, 3.05) is 0 Å². The van der Waals surface area contributed by atoms with Crippen LogP contribution < -0.4 is 11.1 Å². The molecule has 0 bridgehead atoms. The summed E-state index contributed by atoms with van der Waals surface area (Å²) in [6, 6.07) is 3.28. The van der Waals surface area contributed by atoms with Gasteiger partial charge in [0.25, 0.3) is 0 Å². The fraction of sp³-hybridized carbons (Fsp3) is 0.417. The number of carbonyl (C=O) groups excluding carboxylic acids is 1. The zero-order chi connectivity index (χ0) is 13.2. The molecule has 0 saturated heterocycles. The Morgan fingerprint density at radius 1 is 1.35 bits per heavy atom. The first-order valence-electron chi connectivity index (χ1n) is 5.30. The van der Waals surface area contributed by atoms with Gasteiger partial charge in [-0.25, -0.2) is 8.78 Å². The summed E-state index contributed by atoms with van der Waals surface area (Å²) < 4.78 is 26.0. The van der Waals surface area contributed by atoms with Crippen LogP contribution in [0.1, 0.15) is 26.3 Å². The van der Waals surface area contributed by atoms with Crippen LogP contribution in [0.4, 0.5) is 8.78 Å². The van der Waals surface area contributed by atoms with Crippen LogP contribution in [-0.4, -0.2) is 11.9 Å². The standard InChI is InChI=1S/C12H16F2N2O/c1-7(2)16-12(3,11(15)17)8-4-5-9(13)10(14)6-8/h4-7,16H,1-3H3,(H2,15,17). The molecule has 3 N–H and O–H groups in total. The van der Waals surface area contributed by atoms with E-state index in [1.54, 1.807) is 6.92 Å². The van der Waals surface area contributed by atoms with E-state index in [1.165, 1.54) is 6.07 Å².